The van der Waals surface area contributed by atoms with Gasteiger partial charge in [-0.25, -0.2) is 0 Å². The van der Waals surface area contributed by atoms with Gasteiger partial charge in [-0.1, -0.05) is 0 Å². The first-order valence-corrected chi connectivity index (χ1v) is 5.06. The number of aromatic nitrogens is 1. The van der Waals surface area contributed by atoms with Crippen molar-refractivity contribution in [3.63, 3.8) is 0 Å². The van der Waals surface area contributed by atoms with Crippen LogP contribution >= 0.6 is 0 Å². The molecule has 0 aliphatic rings. The van der Waals surface area contributed by atoms with E-state index in [-0.39, 0.29) is 5.56 Å². The van der Waals surface area contributed by atoms with Gasteiger partial charge < -0.3 is 9.88 Å². The van der Waals surface area contributed by atoms with Crippen molar-refractivity contribution in [2.75, 3.05) is 13.6 Å². The van der Waals surface area contributed by atoms with Gasteiger partial charge in [-0.3, -0.25) is 4.79 Å². The molecule has 1 rings (SSSR count). The number of pyridine rings is 1. The molecule has 3 nitrogen and oxygen atoms in total. The highest BCUT2D eigenvalue weighted by atomic mass is 16.1. The fourth-order valence-corrected chi connectivity index (χ4v) is 1.38. The fourth-order valence-electron chi connectivity index (χ4n) is 1.38. The maximum atomic E-state index is 11.5. The molecule has 0 fully saturated rings. The molecule has 0 aromatic carbocycles. The minimum atomic E-state index is 0.106. The molecule has 1 heterocycles. The van der Waals surface area contributed by atoms with Crippen molar-refractivity contribution in [2.24, 2.45) is 0 Å². The van der Waals surface area contributed by atoms with E-state index in [0.717, 1.165) is 31.5 Å². The number of unbranched alkanes of at least 4 members (excludes halogenated alkanes) is 1. The van der Waals surface area contributed by atoms with Crippen molar-refractivity contribution < 1.29 is 0 Å². The highest BCUT2D eigenvalue weighted by Crippen LogP contribution is 1.94. The van der Waals surface area contributed by atoms with Gasteiger partial charge in [0.05, 0.1) is 0 Å². The Morgan fingerprint density at radius 3 is 2.86 bits per heavy atom. The molecule has 0 saturated heterocycles. The predicted molar refractivity (Wildman–Crippen MR) is 58.6 cm³/mol. The monoisotopic (exact) mass is 194 g/mol. The summed E-state index contributed by atoms with van der Waals surface area (Å²) < 4.78 is 1.77. The van der Waals surface area contributed by atoms with Gasteiger partial charge in [0.25, 0.3) is 5.56 Å². The van der Waals surface area contributed by atoms with Crippen molar-refractivity contribution in [1.29, 1.82) is 0 Å². The van der Waals surface area contributed by atoms with Crippen LogP contribution in [-0.2, 0) is 6.54 Å². The lowest BCUT2D eigenvalue weighted by molar-refractivity contribution is 0.578. The van der Waals surface area contributed by atoms with E-state index >= 15 is 0 Å². The summed E-state index contributed by atoms with van der Waals surface area (Å²) in [6, 6.07) is 3.65. The van der Waals surface area contributed by atoms with Gasteiger partial charge in [0, 0.05) is 18.8 Å². The Hall–Kier alpha value is -1.09. The van der Waals surface area contributed by atoms with Crippen LogP contribution < -0.4 is 10.9 Å². The second-order valence-corrected chi connectivity index (χ2v) is 3.55. The molecule has 0 atom stereocenters. The smallest absolute Gasteiger partial charge is 0.250 e. The lowest BCUT2D eigenvalue weighted by Gasteiger charge is -2.05. The number of rotatable bonds is 5. The molecule has 1 aromatic heterocycles. The topological polar surface area (TPSA) is 34.0 Å². The number of nitrogens with zero attached hydrogens (tertiary/aromatic N) is 1. The summed E-state index contributed by atoms with van der Waals surface area (Å²) in [5.74, 6) is 0. The van der Waals surface area contributed by atoms with Gasteiger partial charge in [-0.05, 0) is 45.0 Å². The Kier molecular flexibility index (Phi) is 4.40. The quantitative estimate of drug-likeness (QED) is 0.714. The minimum Gasteiger partial charge on any atom is -0.320 e. The van der Waals surface area contributed by atoms with Crippen LogP contribution in [0.4, 0.5) is 0 Å². The Morgan fingerprint density at radius 2 is 2.21 bits per heavy atom. The molecule has 1 N–H and O–H groups in total. The molecular formula is C11H18N2O. The molecule has 0 bridgehead atoms. The van der Waals surface area contributed by atoms with E-state index in [2.05, 4.69) is 5.32 Å². The summed E-state index contributed by atoms with van der Waals surface area (Å²) in [5.41, 5.74) is 1.14. The molecule has 78 valence electrons. The number of aryl methyl sites for hydroxylation is 2. The molecule has 0 unspecified atom stereocenters. The van der Waals surface area contributed by atoms with E-state index in [1.807, 2.05) is 26.2 Å². The highest BCUT2D eigenvalue weighted by molar-refractivity contribution is 5.07. The van der Waals surface area contributed by atoms with Gasteiger partial charge in [0.15, 0.2) is 0 Å². The van der Waals surface area contributed by atoms with Crippen LogP contribution in [-0.4, -0.2) is 18.2 Å². The van der Waals surface area contributed by atoms with E-state index in [1.165, 1.54) is 0 Å². The molecule has 0 saturated carbocycles. The molecule has 0 aliphatic heterocycles. The number of hydrogen-bond acceptors (Lipinski definition) is 2. The maximum absolute atomic E-state index is 11.5. The molecule has 0 spiro atoms. The second kappa shape index (κ2) is 5.60. The van der Waals surface area contributed by atoms with Crippen molar-refractivity contribution in [2.45, 2.75) is 26.3 Å². The molecule has 14 heavy (non-hydrogen) atoms. The van der Waals surface area contributed by atoms with Crippen LogP contribution in [0, 0.1) is 6.92 Å². The third-order valence-electron chi connectivity index (χ3n) is 2.23. The summed E-state index contributed by atoms with van der Waals surface area (Å²) in [4.78, 5) is 11.5. The van der Waals surface area contributed by atoms with E-state index in [4.69, 9.17) is 0 Å². The number of nitrogens with one attached hydrogen (secondary N) is 1. The van der Waals surface area contributed by atoms with Crippen LogP contribution in [0.2, 0.25) is 0 Å². The Morgan fingerprint density at radius 1 is 1.43 bits per heavy atom. The fraction of sp³-hybridized carbons (Fsp3) is 0.545. The maximum Gasteiger partial charge on any atom is 0.250 e. The van der Waals surface area contributed by atoms with Crippen LogP contribution in [0.25, 0.3) is 0 Å². The van der Waals surface area contributed by atoms with E-state index in [1.54, 1.807) is 10.6 Å². The molecule has 0 aliphatic carbocycles. The van der Waals surface area contributed by atoms with Gasteiger partial charge in [0.2, 0.25) is 0 Å². The summed E-state index contributed by atoms with van der Waals surface area (Å²) in [6.45, 7) is 3.77. The number of hydrogen-bond donors (Lipinski definition) is 1. The largest absolute Gasteiger partial charge is 0.320 e. The van der Waals surface area contributed by atoms with Crippen LogP contribution in [0.1, 0.15) is 18.4 Å². The van der Waals surface area contributed by atoms with Crippen molar-refractivity contribution in [1.82, 2.24) is 9.88 Å². The molecule has 3 heteroatoms. The zero-order chi connectivity index (χ0) is 10.4. The molecular weight excluding hydrogens is 176 g/mol. The van der Waals surface area contributed by atoms with Crippen LogP contribution in [0.3, 0.4) is 0 Å². The minimum absolute atomic E-state index is 0.106. The Balaban J connectivity index is 2.47. The van der Waals surface area contributed by atoms with Crippen molar-refractivity contribution in [3.8, 4) is 0 Å². The summed E-state index contributed by atoms with van der Waals surface area (Å²) >= 11 is 0. The predicted octanol–water partition coefficient (Wildman–Crippen LogP) is 1.16. The lowest BCUT2D eigenvalue weighted by atomic mass is 10.3. The van der Waals surface area contributed by atoms with Crippen molar-refractivity contribution >= 4 is 0 Å². The highest BCUT2D eigenvalue weighted by Gasteiger charge is 1.95. The zero-order valence-corrected chi connectivity index (χ0v) is 8.92. The summed E-state index contributed by atoms with van der Waals surface area (Å²) in [6.07, 6.45) is 4.03. The first-order valence-electron chi connectivity index (χ1n) is 5.06. The van der Waals surface area contributed by atoms with Crippen molar-refractivity contribution in [3.05, 3.63) is 34.2 Å². The van der Waals surface area contributed by atoms with Crippen LogP contribution in [0.5, 0.6) is 0 Å². The average molecular weight is 194 g/mol. The van der Waals surface area contributed by atoms with Gasteiger partial charge in [0.1, 0.15) is 0 Å². The standard InChI is InChI=1S/C11H18N2O/c1-10-5-8-13(11(14)9-10)7-4-3-6-12-2/h5,8-9,12H,3-4,6-7H2,1-2H3. The molecule has 0 amide bonds. The average Bonchev–Trinajstić information content (AvgIpc) is 2.15. The molecule has 1 aromatic rings. The lowest BCUT2D eigenvalue weighted by Crippen LogP contribution is -2.19. The third kappa shape index (κ3) is 3.34. The van der Waals surface area contributed by atoms with Crippen LogP contribution in [0.15, 0.2) is 23.1 Å². The second-order valence-electron chi connectivity index (χ2n) is 3.55. The van der Waals surface area contributed by atoms with E-state index in [9.17, 15) is 4.79 Å². The zero-order valence-electron chi connectivity index (χ0n) is 8.92. The normalized spacial score (nSPS) is 10.4. The third-order valence-corrected chi connectivity index (χ3v) is 2.23. The van der Waals surface area contributed by atoms with Gasteiger partial charge in [-0.15, -0.1) is 0 Å². The Labute approximate surface area is 84.8 Å². The first kappa shape index (κ1) is 11.0. The Bertz CT molecular complexity index is 330. The first-order chi connectivity index (χ1) is 6.74. The summed E-state index contributed by atoms with van der Waals surface area (Å²) in [7, 11) is 1.94. The summed E-state index contributed by atoms with van der Waals surface area (Å²) in [5, 5.41) is 3.09. The molecule has 0 radical (unpaired) electrons. The van der Waals surface area contributed by atoms with E-state index in [0.29, 0.717) is 0 Å². The van der Waals surface area contributed by atoms with E-state index < -0.39 is 0 Å². The van der Waals surface area contributed by atoms with Gasteiger partial charge >= 0.3 is 0 Å². The SMILES string of the molecule is CNCCCCn1ccc(C)cc1=O. The van der Waals surface area contributed by atoms with Gasteiger partial charge in [-0.2, -0.15) is 0 Å².